The van der Waals surface area contributed by atoms with E-state index in [1.54, 1.807) is 23.6 Å². The van der Waals surface area contributed by atoms with Crippen LogP contribution in [-0.4, -0.2) is 19.9 Å². The van der Waals surface area contributed by atoms with Gasteiger partial charge in [0, 0.05) is 11.9 Å². The minimum absolute atomic E-state index is 0.237. The average Bonchev–Trinajstić information content (AvgIpc) is 2.81. The molecule has 2 aromatic rings. The lowest BCUT2D eigenvalue weighted by Gasteiger charge is -2.12. The molecule has 0 aliphatic heterocycles. The van der Waals surface area contributed by atoms with Crippen molar-refractivity contribution in [3.8, 4) is 0 Å². The summed E-state index contributed by atoms with van der Waals surface area (Å²) < 4.78 is 27.3. The zero-order chi connectivity index (χ0) is 14.6. The number of hydrogen-bond donors (Lipinski definition) is 2. The fourth-order valence-corrected chi connectivity index (χ4v) is 3.80. The maximum Gasteiger partial charge on any atom is 0.265 e. The van der Waals surface area contributed by atoms with E-state index in [2.05, 4.69) is 15.0 Å². The standard InChI is InChI=1S/C13H17N3O2S2/c1-3-8-14-11-6-4-5-7-12(11)20(17,18)16-13-15-10(2)9-19-13/h4-7,9,14H,3,8H2,1-2H3,(H,15,16). The predicted molar refractivity (Wildman–Crippen MR) is 82.9 cm³/mol. The summed E-state index contributed by atoms with van der Waals surface area (Å²) in [7, 11) is -3.63. The first kappa shape index (κ1) is 14.8. The Balaban J connectivity index is 2.29. The van der Waals surface area contributed by atoms with Crippen molar-refractivity contribution in [1.29, 1.82) is 0 Å². The molecule has 20 heavy (non-hydrogen) atoms. The number of para-hydroxylation sites is 1. The van der Waals surface area contributed by atoms with Gasteiger partial charge in [0.2, 0.25) is 0 Å². The van der Waals surface area contributed by atoms with E-state index in [1.165, 1.54) is 11.3 Å². The molecule has 108 valence electrons. The van der Waals surface area contributed by atoms with Gasteiger partial charge in [0.15, 0.2) is 5.13 Å². The molecule has 0 atom stereocenters. The first-order valence-electron chi connectivity index (χ1n) is 6.31. The van der Waals surface area contributed by atoms with E-state index in [0.29, 0.717) is 10.8 Å². The molecule has 0 saturated carbocycles. The molecule has 2 N–H and O–H groups in total. The Bertz CT molecular complexity index is 680. The van der Waals surface area contributed by atoms with Crippen molar-refractivity contribution in [2.75, 3.05) is 16.6 Å². The summed E-state index contributed by atoms with van der Waals surface area (Å²) in [5.41, 5.74) is 1.40. The molecular weight excluding hydrogens is 294 g/mol. The molecule has 1 aromatic heterocycles. The Morgan fingerprint density at radius 1 is 1.30 bits per heavy atom. The highest BCUT2D eigenvalue weighted by Gasteiger charge is 2.19. The number of hydrogen-bond acceptors (Lipinski definition) is 5. The van der Waals surface area contributed by atoms with Crippen molar-refractivity contribution in [3.63, 3.8) is 0 Å². The molecule has 0 bridgehead atoms. The minimum atomic E-state index is -3.63. The molecule has 7 heteroatoms. The Morgan fingerprint density at radius 2 is 2.05 bits per heavy atom. The van der Waals surface area contributed by atoms with Gasteiger partial charge in [-0.3, -0.25) is 4.72 Å². The van der Waals surface area contributed by atoms with Crippen LogP contribution in [0.5, 0.6) is 0 Å². The lowest BCUT2D eigenvalue weighted by Crippen LogP contribution is -2.15. The van der Waals surface area contributed by atoms with Gasteiger partial charge in [0.25, 0.3) is 10.0 Å². The van der Waals surface area contributed by atoms with E-state index in [9.17, 15) is 8.42 Å². The molecule has 0 radical (unpaired) electrons. The molecule has 0 unspecified atom stereocenters. The van der Waals surface area contributed by atoms with Crippen molar-refractivity contribution in [3.05, 3.63) is 35.3 Å². The lowest BCUT2D eigenvalue weighted by atomic mass is 10.3. The van der Waals surface area contributed by atoms with Gasteiger partial charge in [0.05, 0.1) is 11.4 Å². The Hall–Kier alpha value is -1.60. The van der Waals surface area contributed by atoms with Crippen molar-refractivity contribution < 1.29 is 8.42 Å². The van der Waals surface area contributed by atoms with Crippen LogP contribution in [-0.2, 0) is 10.0 Å². The number of nitrogens with zero attached hydrogens (tertiary/aromatic N) is 1. The second kappa shape index (κ2) is 6.23. The van der Waals surface area contributed by atoms with E-state index in [-0.39, 0.29) is 4.90 Å². The summed E-state index contributed by atoms with van der Waals surface area (Å²) in [6.07, 6.45) is 0.924. The number of aryl methyl sites for hydroxylation is 1. The van der Waals surface area contributed by atoms with Crippen molar-refractivity contribution in [2.45, 2.75) is 25.2 Å². The topological polar surface area (TPSA) is 71.1 Å². The fraction of sp³-hybridized carbons (Fsp3) is 0.308. The molecule has 1 aromatic carbocycles. The molecule has 0 fully saturated rings. The van der Waals surface area contributed by atoms with Crippen LogP contribution in [0.3, 0.4) is 0 Å². The Morgan fingerprint density at radius 3 is 2.70 bits per heavy atom. The molecule has 1 heterocycles. The highest BCUT2D eigenvalue weighted by molar-refractivity contribution is 7.93. The molecule has 0 amide bonds. The zero-order valence-corrected chi connectivity index (χ0v) is 13.0. The third-order valence-electron chi connectivity index (χ3n) is 2.58. The van der Waals surface area contributed by atoms with Gasteiger partial charge < -0.3 is 5.32 Å². The number of benzene rings is 1. The number of aromatic nitrogens is 1. The lowest BCUT2D eigenvalue weighted by molar-refractivity contribution is 0.601. The van der Waals surface area contributed by atoms with E-state index in [1.807, 2.05) is 19.9 Å². The van der Waals surface area contributed by atoms with Gasteiger partial charge in [0.1, 0.15) is 4.90 Å². The number of thiazole rings is 1. The summed E-state index contributed by atoms with van der Waals surface area (Å²) in [5.74, 6) is 0. The van der Waals surface area contributed by atoms with Gasteiger partial charge in [-0.05, 0) is 25.5 Å². The molecule has 2 rings (SSSR count). The second-order valence-corrected chi connectivity index (χ2v) is 6.83. The number of nitrogens with one attached hydrogen (secondary N) is 2. The van der Waals surface area contributed by atoms with Gasteiger partial charge in [-0.15, -0.1) is 11.3 Å². The third kappa shape index (κ3) is 3.49. The molecule has 0 aliphatic carbocycles. The molecule has 5 nitrogen and oxygen atoms in total. The van der Waals surface area contributed by atoms with Crippen LogP contribution in [0.1, 0.15) is 19.0 Å². The van der Waals surface area contributed by atoms with Gasteiger partial charge >= 0.3 is 0 Å². The van der Waals surface area contributed by atoms with E-state index < -0.39 is 10.0 Å². The second-order valence-electron chi connectivity index (χ2n) is 4.32. The quantitative estimate of drug-likeness (QED) is 0.860. The third-order valence-corrected chi connectivity index (χ3v) is 4.98. The number of anilines is 2. The number of rotatable bonds is 6. The summed E-state index contributed by atoms with van der Waals surface area (Å²) in [4.78, 5) is 4.36. The van der Waals surface area contributed by atoms with Gasteiger partial charge in [-0.2, -0.15) is 0 Å². The monoisotopic (exact) mass is 311 g/mol. The first-order chi connectivity index (χ1) is 9.53. The van der Waals surface area contributed by atoms with Crippen LogP contribution in [0.2, 0.25) is 0 Å². The highest BCUT2D eigenvalue weighted by Crippen LogP contribution is 2.25. The first-order valence-corrected chi connectivity index (χ1v) is 8.67. The fourth-order valence-electron chi connectivity index (χ4n) is 1.68. The van der Waals surface area contributed by atoms with Crippen molar-refractivity contribution >= 4 is 32.2 Å². The molecule has 0 saturated heterocycles. The van der Waals surface area contributed by atoms with Crippen LogP contribution in [0.25, 0.3) is 0 Å². The zero-order valence-electron chi connectivity index (χ0n) is 11.4. The summed E-state index contributed by atoms with van der Waals surface area (Å²) in [6, 6.07) is 6.86. The SMILES string of the molecule is CCCNc1ccccc1S(=O)(=O)Nc1nc(C)cs1. The Labute approximate surface area is 123 Å². The van der Waals surface area contributed by atoms with Gasteiger partial charge in [-0.1, -0.05) is 19.1 Å². The van der Waals surface area contributed by atoms with Crippen molar-refractivity contribution in [1.82, 2.24) is 4.98 Å². The van der Waals surface area contributed by atoms with E-state index in [4.69, 9.17) is 0 Å². The van der Waals surface area contributed by atoms with E-state index in [0.717, 1.165) is 18.7 Å². The van der Waals surface area contributed by atoms with Crippen molar-refractivity contribution in [2.24, 2.45) is 0 Å². The molecule has 0 aliphatic rings. The maximum absolute atomic E-state index is 12.4. The van der Waals surface area contributed by atoms with E-state index >= 15 is 0 Å². The van der Waals surface area contributed by atoms with Crippen LogP contribution >= 0.6 is 11.3 Å². The normalized spacial score (nSPS) is 11.3. The predicted octanol–water partition coefficient (Wildman–Crippen LogP) is 3.07. The van der Waals surface area contributed by atoms with Crippen LogP contribution in [0.4, 0.5) is 10.8 Å². The minimum Gasteiger partial charge on any atom is -0.384 e. The van der Waals surface area contributed by atoms with Gasteiger partial charge in [-0.25, -0.2) is 13.4 Å². The highest BCUT2D eigenvalue weighted by atomic mass is 32.2. The smallest absolute Gasteiger partial charge is 0.265 e. The summed E-state index contributed by atoms with van der Waals surface area (Å²) in [6.45, 7) is 4.58. The van der Waals surface area contributed by atoms with Crippen LogP contribution in [0, 0.1) is 6.92 Å². The molecular formula is C13H17N3O2S2. The molecule has 0 spiro atoms. The average molecular weight is 311 g/mol. The maximum atomic E-state index is 12.4. The van der Waals surface area contributed by atoms with Crippen LogP contribution < -0.4 is 10.0 Å². The largest absolute Gasteiger partial charge is 0.384 e. The van der Waals surface area contributed by atoms with Crippen LogP contribution in [0.15, 0.2) is 34.5 Å². The summed E-state index contributed by atoms with van der Waals surface area (Å²) >= 11 is 1.27. The summed E-state index contributed by atoms with van der Waals surface area (Å²) in [5, 5.41) is 5.31. The Kier molecular flexibility index (Phi) is 4.61. The number of sulfonamides is 1.